The summed E-state index contributed by atoms with van der Waals surface area (Å²) in [6.07, 6.45) is -0.509. The number of carbonyl (C=O) groups is 4. The number of H-pyrrole nitrogens is 6. The van der Waals surface area contributed by atoms with E-state index in [0.29, 0.717) is 113 Å². The number of rotatable bonds is 20. The summed E-state index contributed by atoms with van der Waals surface area (Å²) < 4.78 is 29.1. The summed E-state index contributed by atoms with van der Waals surface area (Å²) in [4.78, 5) is 99.1. The first-order valence-electron chi connectivity index (χ1n) is 27.7. The predicted octanol–water partition coefficient (Wildman–Crippen LogP) is 14.8. The number of hydrogen-bond donors (Lipinski definition) is 6. The number of halogens is 2. The first kappa shape index (κ1) is 58.1. The smallest absolute Gasteiger partial charge is 0.269 e. The van der Waals surface area contributed by atoms with Crippen molar-refractivity contribution in [2.45, 2.75) is 99.3 Å². The molecule has 0 saturated heterocycles. The van der Waals surface area contributed by atoms with E-state index in [1.807, 2.05) is 58.9 Å². The minimum atomic E-state index is -0.684. The fourth-order valence-corrected chi connectivity index (χ4v) is 12.9. The van der Waals surface area contributed by atoms with Gasteiger partial charge >= 0.3 is 0 Å². The summed E-state index contributed by atoms with van der Waals surface area (Å²) in [5.74, 6) is -4.33. The lowest BCUT2D eigenvalue weighted by Crippen LogP contribution is -2.12. The SMILES string of the molecule is CC(=O)c1c(C)[nH]c(C(c2ccc(F)cc2)c2ccc(C(c3ccc(F)cc3)c3[nH]c(C)c(C(=O)CC(=O)c4c(C)[nH]c(C(c5ccc([N+](=O)[O-])cc5)c5ccc(C(c6ccc([N+](=O)[O-])cc6)c6[nH]c(C)c(C(C)=O)c6C)[nH]5)c4C)c3C)[nH]2)c1C. The van der Waals surface area contributed by atoms with Gasteiger partial charge in [0.05, 0.1) is 39.9 Å². The van der Waals surface area contributed by atoms with Crippen LogP contribution >= 0.6 is 0 Å². The number of nitrogens with zero attached hydrogens (tertiary/aromatic N) is 2. The van der Waals surface area contributed by atoms with Gasteiger partial charge in [0.1, 0.15) is 11.6 Å². The van der Waals surface area contributed by atoms with Crippen LogP contribution in [0.4, 0.5) is 20.2 Å². The van der Waals surface area contributed by atoms with E-state index in [4.69, 9.17) is 0 Å². The van der Waals surface area contributed by atoms with Crippen LogP contribution in [0.5, 0.6) is 0 Å². The lowest BCUT2D eigenvalue weighted by Gasteiger charge is -2.20. The number of nitro groups is 2. The van der Waals surface area contributed by atoms with Gasteiger partial charge in [-0.2, -0.15) is 0 Å². The Hall–Kier alpha value is -10.1. The zero-order valence-corrected chi connectivity index (χ0v) is 48.5. The highest BCUT2D eigenvalue weighted by Crippen LogP contribution is 2.43. The molecule has 0 aliphatic rings. The van der Waals surface area contributed by atoms with E-state index < -0.39 is 63.1 Å². The number of Topliss-reactive ketones (excluding diaryl/α,β-unsaturated/α-hetero) is 4. The van der Waals surface area contributed by atoms with Crippen molar-refractivity contribution < 1.29 is 37.8 Å². The molecule has 0 amide bonds. The number of hydrogen-bond acceptors (Lipinski definition) is 8. The van der Waals surface area contributed by atoms with Crippen molar-refractivity contribution in [2.24, 2.45) is 0 Å². The Morgan fingerprint density at radius 3 is 0.847 bits per heavy atom. The summed E-state index contributed by atoms with van der Waals surface area (Å²) in [6, 6.07) is 32.1. The Bertz CT molecular complexity index is 4280. The molecule has 18 heteroatoms. The van der Waals surface area contributed by atoms with Gasteiger partial charge in [0, 0.05) is 115 Å². The van der Waals surface area contributed by atoms with Crippen molar-refractivity contribution in [3.63, 3.8) is 0 Å². The van der Waals surface area contributed by atoms with Gasteiger partial charge in [0.2, 0.25) is 0 Å². The molecule has 85 heavy (non-hydrogen) atoms. The predicted molar refractivity (Wildman–Crippen MR) is 319 cm³/mol. The molecule has 4 aromatic carbocycles. The zero-order valence-electron chi connectivity index (χ0n) is 48.5. The van der Waals surface area contributed by atoms with Crippen molar-refractivity contribution >= 4 is 34.5 Å². The number of carbonyl (C=O) groups excluding carboxylic acids is 4. The zero-order chi connectivity index (χ0) is 61.0. The van der Waals surface area contributed by atoms with Gasteiger partial charge in [-0.05, 0) is 162 Å². The highest BCUT2D eigenvalue weighted by molar-refractivity contribution is 6.15. The van der Waals surface area contributed by atoms with Crippen LogP contribution in [0.3, 0.4) is 0 Å². The molecule has 0 aliphatic carbocycles. The molecule has 6 heterocycles. The summed E-state index contributed by atoms with van der Waals surface area (Å²) in [6.45, 7) is 17.5. The molecule has 10 aromatic rings. The van der Waals surface area contributed by atoms with E-state index in [0.717, 1.165) is 22.5 Å². The maximum Gasteiger partial charge on any atom is 0.269 e. The largest absolute Gasteiger partial charge is 0.361 e. The van der Waals surface area contributed by atoms with E-state index in [1.54, 1.807) is 69.3 Å². The maximum absolute atomic E-state index is 14.8. The fourth-order valence-electron chi connectivity index (χ4n) is 12.9. The average molecular weight is 1150 g/mol. The van der Waals surface area contributed by atoms with E-state index in [2.05, 4.69) is 29.9 Å². The number of aryl methyl sites for hydroxylation is 4. The van der Waals surface area contributed by atoms with Gasteiger partial charge in [-0.25, -0.2) is 8.78 Å². The second kappa shape index (κ2) is 22.9. The highest BCUT2D eigenvalue weighted by Gasteiger charge is 2.34. The number of ketones is 4. The fraction of sp³-hybridized carbons (Fsp3) is 0.224. The molecular weight excluding hydrogens is 1080 g/mol. The number of benzene rings is 4. The Kier molecular flexibility index (Phi) is 15.7. The average Bonchev–Trinajstić information content (AvgIpc) is 2.49. The molecule has 10 rings (SSSR count). The monoisotopic (exact) mass is 1140 g/mol. The van der Waals surface area contributed by atoms with Gasteiger partial charge in [0.15, 0.2) is 23.1 Å². The maximum atomic E-state index is 14.8. The Morgan fingerprint density at radius 1 is 0.376 bits per heavy atom. The van der Waals surface area contributed by atoms with Crippen molar-refractivity contribution in [3.8, 4) is 0 Å². The van der Waals surface area contributed by atoms with Crippen molar-refractivity contribution in [3.05, 3.63) is 288 Å². The van der Waals surface area contributed by atoms with E-state index in [9.17, 15) is 48.2 Å². The molecule has 4 atom stereocenters. The summed E-state index contributed by atoms with van der Waals surface area (Å²) in [7, 11) is 0. The molecule has 0 fully saturated rings. The summed E-state index contributed by atoms with van der Waals surface area (Å²) >= 11 is 0. The molecule has 0 saturated carbocycles. The van der Waals surface area contributed by atoms with Crippen LogP contribution in [-0.2, 0) is 0 Å². The van der Waals surface area contributed by atoms with E-state index in [1.165, 1.54) is 62.4 Å². The molecule has 432 valence electrons. The first-order valence-corrected chi connectivity index (χ1v) is 27.7. The number of nitro benzene ring substituents is 2. The molecule has 0 spiro atoms. The first-order chi connectivity index (χ1) is 40.4. The third-order valence-electron chi connectivity index (χ3n) is 16.6. The molecule has 6 aromatic heterocycles. The standard InChI is InChI=1S/C67H62F2N8O8/c1-32-56(40(9)78)36(5)70-64(32)60(42-11-19-46(68)20-12-42)50-27-28-51(74-50)61(43-13-21-47(69)22-14-43)66-34(3)58(38(7)72-66)54(80)31-55(81)59-35(4)67(73-39(59)8)63(45-17-25-49(26-18-45)77(84)85)53-30-29-52(75-53)62(44-15-23-48(24-16-44)76(82)83)65-33(2)57(41(10)79)37(6)71-65/h11-30,60-63,70-75H,31H2,1-10H3. The van der Waals surface area contributed by atoms with Crippen molar-refractivity contribution in [1.82, 2.24) is 29.9 Å². The number of non-ortho nitro benzene ring substituents is 2. The number of aromatic nitrogens is 6. The molecule has 0 aliphatic heterocycles. The molecule has 6 N–H and O–H groups in total. The molecule has 16 nitrogen and oxygen atoms in total. The third-order valence-corrected chi connectivity index (χ3v) is 16.6. The number of aromatic amines is 6. The molecule has 0 bridgehead atoms. The van der Waals surface area contributed by atoms with Gasteiger partial charge < -0.3 is 29.9 Å². The number of nitrogens with one attached hydrogen (secondary N) is 6. The van der Waals surface area contributed by atoms with E-state index >= 15 is 0 Å². The topological polar surface area (TPSA) is 249 Å². The van der Waals surface area contributed by atoms with Crippen LogP contribution in [0.1, 0.15) is 198 Å². The Morgan fingerprint density at radius 2 is 0.612 bits per heavy atom. The van der Waals surface area contributed by atoms with Crippen LogP contribution in [0, 0.1) is 87.3 Å². The minimum absolute atomic E-state index is 0.0947. The van der Waals surface area contributed by atoms with Crippen LogP contribution < -0.4 is 0 Å². The summed E-state index contributed by atoms with van der Waals surface area (Å²) in [5, 5.41) is 23.6. The van der Waals surface area contributed by atoms with Crippen LogP contribution in [0.25, 0.3) is 0 Å². The Balaban J connectivity index is 1.01. The van der Waals surface area contributed by atoms with Gasteiger partial charge in [-0.1, -0.05) is 48.5 Å². The van der Waals surface area contributed by atoms with Crippen LogP contribution in [0.2, 0.25) is 0 Å². The lowest BCUT2D eigenvalue weighted by atomic mass is 9.88. The van der Waals surface area contributed by atoms with Crippen LogP contribution in [0.15, 0.2) is 121 Å². The molecule has 0 radical (unpaired) electrons. The molecule has 4 unspecified atom stereocenters. The van der Waals surface area contributed by atoms with E-state index in [-0.39, 0.29) is 22.9 Å². The highest BCUT2D eigenvalue weighted by atomic mass is 19.1. The Labute approximate surface area is 487 Å². The lowest BCUT2D eigenvalue weighted by molar-refractivity contribution is -0.385. The second-order valence-electron chi connectivity index (χ2n) is 22.1. The minimum Gasteiger partial charge on any atom is -0.361 e. The molecular formula is C67H62F2N8O8. The van der Waals surface area contributed by atoms with Gasteiger partial charge in [-0.15, -0.1) is 0 Å². The van der Waals surface area contributed by atoms with Gasteiger partial charge in [0.25, 0.3) is 11.4 Å². The quantitative estimate of drug-likeness (QED) is 0.0185. The second-order valence-corrected chi connectivity index (χ2v) is 22.1. The third kappa shape index (κ3) is 10.8. The van der Waals surface area contributed by atoms with Gasteiger partial charge in [-0.3, -0.25) is 39.4 Å². The normalized spacial score (nSPS) is 12.9. The van der Waals surface area contributed by atoms with Crippen molar-refractivity contribution in [1.29, 1.82) is 0 Å². The summed E-state index contributed by atoms with van der Waals surface area (Å²) in [5.41, 5.74) is 14.6. The van der Waals surface area contributed by atoms with Crippen LogP contribution in [-0.4, -0.2) is 62.9 Å². The van der Waals surface area contributed by atoms with Crippen molar-refractivity contribution in [2.75, 3.05) is 0 Å².